The molecule has 4 rings (SSSR count). The Bertz CT molecular complexity index is 1390. The minimum absolute atomic E-state index is 0.0703. The number of fused-ring (bicyclic) bond motifs is 1. The largest absolute Gasteiger partial charge is 0.497 e. The van der Waals surface area contributed by atoms with Gasteiger partial charge in [0.1, 0.15) is 11.6 Å². The van der Waals surface area contributed by atoms with Crippen LogP contribution in [0.3, 0.4) is 0 Å². The zero-order chi connectivity index (χ0) is 26.5. The summed E-state index contributed by atoms with van der Waals surface area (Å²) in [5, 5.41) is 11.4. The Labute approximate surface area is 213 Å². The number of hydrogen-bond acceptors (Lipinski definition) is 8. The number of methoxy groups -OCH3 is 2. The van der Waals surface area contributed by atoms with Gasteiger partial charge in [0, 0.05) is 24.2 Å². The summed E-state index contributed by atoms with van der Waals surface area (Å²) in [7, 11) is 3.21. The summed E-state index contributed by atoms with van der Waals surface area (Å²) < 4.78 is 27.2. The molecule has 1 amide bonds. The van der Waals surface area contributed by atoms with Gasteiger partial charge in [-0.3, -0.25) is 9.48 Å². The van der Waals surface area contributed by atoms with Crippen molar-refractivity contribution in [2.24, 2.45) is 11.5 Å². The number of nitrogens with two attached hydrogens (primary N) is 2. The van der Waals surface area contributed by atoms with E-state index in [9.17, 15) is 4.79 Å². The molecule has 2 aromatic heterocycles. The molecule has 10 nitrogen and oxygen atoms in total. The van der Waals surface area contributed by atoms with E-state index in [0.29, 0.717) is 24.6 Å². The zero-order valence-corrected chi connectivity index (χ0v) is 20.9. The lowest BCUT2D eigenvalue weighted by Crippen LogP contribution is -2.31. The van der Waals surface area contributed by atoms with Crippen molar-refractivity contribution in [3.8, 4) is 5.75 Å². The molecule has 2 heterocycles. The van der Waals surface area contributed by atoms with Crippen LogP contribution in [-0.4, -0.2) is 47.5 Å². The van der Waals surface area contributed by atoms with Gasteiger partial charge in [-0.05, 0) is 48.9 Å². The Morgan fingerprint density at radius 3 is 2.54 bits per heavy atom. The average molecular weight is 508 g/mol. The molecule has 0 aliphatic heterocycles. The highest BCUT2D eigenvalue weighted by Crippen LogP contribution is 2.29. The van der Waals surface area contributed by atoms with Crippen LogP contribution in [0, 0.1) is 5.82 Å². The van der Waals surface area contributed by atoms with Crippen molar-refractivity contribution >= 4 is 34.1 Å². The Hall–Kier alpha value is -4.22. The van der Waals surface area contributed by atoms with Gasteiger partial charge in [0.25, 0.3) is 5.91 Å². The summed E-state index contributed by atoms with van der Waals surface area (Å²) >= 11 is 0. The Morgan fingerprint density at radius 1 is 1.14 bits per heavy atom. The Kier molecular flexibility index (Phi) is 7.85. The zero-order valence-electron chi connectivity index (χ0n) is 20.9. The molecule has 6 N–H and O–H groups in total. The van der Waals surface area contributed by atoms with Crippen LogP contribution in [0.1, 0.15) is 28.9 Å². The standard InChI is InChI=1S/C26H30FN7O3/c1-15(28)23(16-4-7-19(37-3)8-5-16)32-26-21(27)13-20(24(29)35)25(33-26)31-18-6-9-22-17(12-18)14-30-34(22)10-11-36-2/h4-9,12-15,23H,10-11,28H2,1-3H3,(H2,29,35)(H2,31,32,33)/t15-,23-/m0/s1. The van der Waals surface area contributed by atoms with Crippen LogP contribution >= 0.6 is 0 Å². The number of aromatic nitrogens is 3. The molecule has 0 unspecified atom stereocenters. The summed E-state index contributed by atoms with van der Waals surface area (Å²) in [6.45, 7) is 2.95. The molecule has 0 saturated heterocycles. The molecule has 194 valence electrons. The van der Waals surface area contributed by atoms with Gasteiger partial charge in [-0.25, -0.2) is 9.37 Å². The molecule has 0 spiro atoms. The van der Waals surface area contributed by atoms with Crippen LogP contribution in [-0.2, 0) is 11.3 Å². The van der Waals surface area contributed by atoms with Crippen LogP contribution in [0.15, 0.2) is 54.7 Å². The monoisotopic (exact) mass is 507 g/mol. The van der Waals surface area contributed by atoms with Crippen molar-refractivity contribution in [3.63, 3.8) is 0 Å². The van der Waals surface area contributed by atoms with E-state index in [1.165, 1.54) is 0 Å². The molecule has 0 fully saturated rings. The third kappa shape index (κ3) is 5.79. The van der Waals surface area contributed by atoms with E-state index >= 15 is 4.39 Å². The van der Waals surface area contributed by atoms with Crippen molar-refractivity contribution in [2.75, 3.05) is 31.5 Å². The van der Waals surface area contributed by atoms with Gasteiger partial charge in [-0.15, -0.1) is 0 Å². The number of primary amides is 1. The highest BCUT2D eigenvalue weighted by Gasteiger charge is 2.22. The predicted molar refractivity (Wildman–Crippen MR) is 141 cm³/mol. The average Bonchev–Trinajstić information content (AvgIpc) is 3.29. The predicted octanol–water partition coefficient (Wildman–Crippen LogP) is 3.57. The highest BCUT2D eigenvalue weighted by atomic mass is 19.1. The highest BCUT2D eigenvalue weighted by molar-refractivity contribution is 5.99. The van der Waals surface area contributed by atoms with Crippen molar-refractivity contribution in [1.82, 2.24) is 14.8 Å². The van der Waals surface area contributed by atoms with Crippen molar-refractivity contribution in [1.29, 1.82) is 0 Å². The molecule has 2 atom stereocenters. The van der Waals surface area contributed by atoms with Crippen LogP contribution in [0.2, 0.25) is 0 Å². The molecule has 0 saturated carbocycles. The maximum atomic E-state index is 15.1. The van der Waals surface area contributed by atoms with Crippen molar-refractivity contribution < 1.29 is 18.7 Å². The second kappa shape index (κ2) is 11.2. The van der Waals surface area contributed by atoms with Crippen LogP contribution in [0.4, 0.5) is 21.7 Å². The number of benzene rings is 2. The van der Waals surface area contributed by atoms with Gasteiger partial charge in [-0.2, -0.15) is 5.10 Å². The smallest absolute Gasteiger partial charge is 0.252 e. The normalized spacial score (nSPS) is 12.8. The van der Waals surface area contributed by atoms with E-state index in [-0.39, 0.29) is 23.2 Å². The summed E-state index contributed by atoms with van der Waals surface area (Å²) in [6, 6.07) is 13.1. The molecular weight excluding hydrogens is 477 g/mol. The van der Waals surface area contributed by atoms with Gasteiger partial charge in [0.05, 0.1) is 43.6 Å². The van der Waals surface area contributed by atoms with Gasteiger partial charge >= 0.3 is 0 Å². The molecule has 0 aliphatic rings. The molecule has 2 aromatic carbocycles. The van der Waals surface area contributed by atoms with Crippen molar-refractivity contribution in [2.45, 2.75) is 25.6 Å². The summed E-state index contributed by atoms with van der Waals surface area (Å²) in [5.41, 5.74) is 14.0. The van der Waals surface area contributed by atoms with E-state index in [4.69, 9.17) is 20.9 Å². The second-order valence-electron chi connectivity index (χ2n) is 8.59. The molecule has 4 aromatic rings. The molecule has 0 bridgehead atoms. The quantitative estimate of drug-likeness (QED) is 0.241. The molecule has 0 radical (unpaired) electrons. The number of pyridine rings is 1. The van der Waals surface area contributed by atoms with E-state index in [1.807, 2.05) is 35.0 Å². The summed E-state index contributed by atoms with van der Waals surface area (Å²) in [4.78, 5) is 16.5. The van der Waals surface area contributed by atoms with Gasteiger partial charge in [0.2, 0.25) is 0 Å². The maximum Gasteiger partial charge on any atom is 0.252 e. The number of amides is 1. The van der Waals surface area contributed by atoms with Crippen LogP contribution in [0.25, 0.3) is 10.9 Å². The van der Waals surface area contributed by atoms with Gasteiger partial charge in [0.15, 0.2) is 11.6 Å². The first-order valence-electron chi connectivity index (χ1n) is 11.7. The first-order chi connectivity index (χ1) is 17.8. The number of carbonyl (C=O) groups is 1. The topological polar surface area (TPSA) is 142 Å². The number of hydrogen-bond donors (Lipinski definition) is 4. The lowest BCUT2D eigenvalue weighted by Gasteiger charge is -2.24. The number of carbonyl (C=O) groups excluding carboxylic acids is 1. The Balaban J connectivity index is 1.65. The first kappa shape index (κ1) is 25.9. The number of ether oxygens (including phenoxy) is 2. The van der Waals surface area contributed by atoms with Gasteiger partial charge in [-0.1, -0.05) is 12.1 Å². The number of halogens is 1. The molecular formula is C26H30FN7O3. The number of nitrogens with zero attached hydrogens (tertiary/aromatic N) is 3. The van der Waals surface area contributed by atoms with Crippen molar-refractivity contribution in [3.05, 3.63) is 71.7 Å². The minimum Gasteiger partial charge on any atom is -0.497 e. The number of anilines is 3. The molecule has 0 aliphatic carbocycles. The minimum atomic E-state index is -0.812. The second-order valence-corrected chi connectivity index (χ2v) is 8.59. The maximum absolute atomic E-state index is 15.1. The fourth-order valence-electron chi connectivity index (χ4n) is 4.01. The van der Waals surface area contributed by atoms with Crippen LogP contribution in [0.5, 0.6) is 5.75 Å². The lowest BCUT2D eigenvalue weighted by molar-refractivity contribution is 0.100. The number of rotatable bonds is 11. The number of nitrogens with one attached hydrogen (secondary N) is 2. The van der Waals surface area contributed by atoms with E-state index in [2.05, 4.69) is 20.7 Å². The van der Waals surface area contributed by atoms with Crippen LogP contribution < -0.4 is 26.8 Å². The molecule has 37 heavy (non-hydrogen) atoms. The fourth-order valence-corrected chi connectivity index (χ4v) is 4.01. The van der Waals surface area contributed by atoms with E-state index in [1.54, 1.807) is 39.5 Å². The van der Waals surface area contributed by atoms with E-state index in [0.717, 1.165) is 22.5 Å². The first-order valence-corrected chi connectivity index (χ1v) is 11.7. The summed E-state index contributed by atoms with van der Waals surface area (Å²) in [5.74, 6) is -0.809. The summed E-state index contributed by atoms with van der Waals surface area (Å²) in [6.07, 6.45) is 1.73. The van der Waals surface area contributed by atoms with Gasteiger partial charge < -0.3 is 31.6 Å². The van der Waals surface area contributed by atoms with E-state index < -0.39 is 17.8 Å². The molecule has 11 heteroatoms. The third-order valence-corrected chi connectivity index (χ3v) is 5.95. The SMILES string of the molecule is COCCn1ncc2cc(Nc3nc(N[C@H](c4ccc(OC)cc4)[C@H](C)N)c(F)cc3C(N)=O)ccc21. The Morgan fingerprint density at radius 2 is 1.89 bits per heavy atom. The lowest BCUT2D eigenvalue weighted by atomic mass is 10.0. The fraction of sp³-hybridized carbons (Fsp3) is 0.269. The third-order valence-electron chi connectivity index (χ3n) is 5.95.